The van der Waals surface area contributed by atoms with Crippen molar-refractivity contribution in [3.63, 3.8) is 0 Å². The lowest BCUT2D eigenvalue weighted by Gasteiger charge is -2.28. The van der Waals surface area contributed by atoms with Gasteiger partial charge in [0, 0.05) is 41.3 Å². The molecule has 1 aliphatic heterocycles. The topological polar surface area (TPSA) is 118 Å². The minimum absolute atomic E-state index is 0.0106. The normalized spacial score (nSPS) is 17.8. The largest absolute Gasteiger partial charge is 0.494 e. The minimum atomic E-state index is -1.37. The van der Waals surface area contributed by atoms with Crippen molar-refractivity contribution in [2.75, 3.05) is 13.2 Å². The Bertz CT molecular complexity index is 1420. The molecule has 3 aromatic rings. The highest BCUT2D eigenvalue weighted by Crippen LogP contribution is 2.34. The van der Waals surface area contributed by atoms with Crippen LogP contribution in [0.25, 0.3) is 0 Å². The van der Waals surface area contributed by atoms with Gasteiger partial charge in [0.05, 0.1) is 6.61 Å². The fraction of sp³-hybridized carbons (Fsp3) is 0.382. The van der Waals surface area contributed by atoms with Crippen molar-refractivity contribution in [2.24, 2.45) is 4.99 Å². The number of amides is 1. The van der Waals surface area contributed by atoms with Gasteiger partial charge in [0.15, 0.2) is 5.54 Å². The summed E-state index contributed by atoms with van der Waals surface area (Å²) in [5.74, 6) is 0.145. The van der Waals surface area contributed by atoms with E-state index in [-0.39, 0.29) is 19.4 Å². The molecule has 0 fully saturated rings. The predicted molar refractivity (Wildman–Crippen MR) is 171 cm³/mol. The first-order chi connectivity index (χ1) is 21.1. The highest BCUT2D eigenvalue weighted by atomic mass is 32.2. The van der Waals surface area contributed by atoms with Gasteiger partial charge in [0.2, 0.25) is 5.90 Å². The smallest absolute Gasteiger partial charge is 0.306 e. The zero-order chi connectivity index (χ0) is 31.6. The van der Waals surface area contributed by atoms with Crippen LogP contribution in [0.3, 0.4) is 0 Å². The van der Waals surface area contributed by atoms with E-state index in [1.54, 1.807) is 63.7 Å². The summed E-state index contributed by atoms with van der Waals surface area (Å²) in [6.45, 7) is 8.04. The monoisotopic (exact) mass is 619 g/mol. The van der Waals surface area contributed by atoms with Crippen molar-refractivity contribution >= 4 is 29.5 Å². The van der Waals surface area contributed by atoms with E-state index in [1.165, 1.54) is 0 Å². The van der Waals surface area contributed by atoms with Crippen LogP contribution in [-0.2, 0) is 25.6 Å². The lowest BCUT2D eigenvalue weighted by molar-refractivity contribution is -0.155. The van der Waals surface area contributed by atoms with Crippen molar-refractivity contribution < 1.29 is 28.9 Å². The molecule has 0 spiro atoms. The van der Waals surface area contributed by atoms with Crippen molar-refractivity contribution in [3.05, 3.63) is 90.0 Å². The fourth-order valence-electron chi connectivity index (χ4n) is 4.63. The molecule has 0 bridgehead atoms. The van der Waals surface area contributed by atoms with Crippen LogP contribution in [0.1, 0.15) is 58.1 Å². The Hall–Kier alpha value is -3.86. The van der Waals surface area contributed by atoms with Crippen LogP contribution in [0.4, 0.5) is 0 Å². The number of aliphatic hydroxyl groups excluding tert-OH is 1. The molecule has 0 unspecified atom stereocenters. The molecule has 2 atom stereocenters. The third-order valence-corrected chi connectivity index (χ3v) is 8.01. The molecule has 9 nitrogen and oxygen atoms in total. The van der Waals surface area contributed by atoms with Crippen molar-refractivity contribution in [3.8, 4) is 5.75 Å². The van der Waals surface area contributed by atoms with Gasteiger partial charge < -0.3 is 19.3 Å². The Morgan fingerprint density at radius 2 is 1.73 bits per heavy atom. The van der Waals surface area contributed by atoms with Gasteiger partial charge in [-0.15, -0.1) is 0 Å². The lowest BCUT2D eigenvalue weighted by Crippen LogP contribution is -2.54. The maximum atomic E-state index is 13.9. The number of hydrazine groups is 1. The molecule has 0 saturated carbocycles. The van der Waals surface area contributed by atoms with Gasteiger partial charge in [0.1, 0.15) is 17.5 Å². The average Bonchev–Trinajstić information content (AvgIpc) is 3.34. The van der Waals surface area contributed by atoms with E-state index in [9.17, 15) is 9.59 Å². The minimum Gasteiger partial charge on any atom is -0.494 e. The second-order valence-electron chi connectivity index (χ2n) is 11.5. The summed E-state index contributed by atoms with van der Waals surface area (Å²) in [5, 5.41) is 8.98. The van der Waals surface area contributed by atoms with E-state index in [0.29, 0.717) is 36.8 Å². The third kappa shape index (κ3) is 9.07. The maximum Gasteiger partial charge on any atom is 0.306 e. The van der Waals surface area contributed by atoms with Crippen LogP contribution in [0.2, 0.25) is 0 Å². The molecule has 10 heteroatoms. The molecule has 0 radical (unpaired) electrons. The zero-order valence-corrected chi connectivity index (χ0v) is 26.5. The lowest BCUT2D eigenvalue weighted by atomic mass is 9.88. The van der Waals surface area contributed by atoms with E-state index in [4.69, 9.17) is 24.3 Å². The number of nitrogens with zero attached hydrogens (tertiary/aromatic N) is 1. The SMILES string of the molecule is C[C@@H]1OC(c2ccc(OCCCO)cc2)=N[C@]1(CCC(=O)OC(C)(C)C)C(=O)NNCc1ccccc1Sc1ccccc1. The van der Waals surface area contributed by atoms with E-state index < -0.39 is 29.1 Å². The molecule has 3 N–H and O–H groups in total. The molecule has 1 aliphatic rings. The number of benzene rings is 3. The van der Waals surface area contributed by atoms with Crippen LogP contribution < -0.4 is 15.6 Å². The number of aliphatic imine (C=N–C) groups is 1. The summed E-state index contributed by atoms with van der Waals surface area (Å²) in [6, 6.07) is 25.3. The first-order valence-corrected chi connectivity index (χ1v) is 15.6. The summed E-state index contributed by atoms with van der Waals surface area (Å²) in [7, 11) is 0. The van der Waals surface area contributed by atoms with Crippen LogP contribution in [0, 0.1) is 0 Å². The van der Waals surface area contributed by atoms with Gasteiger partial charge in [-0.2, -0.15) is 0 Å². The molecule has 234 valence electrons. The van der Waals surface area contributed by atoms with Gasteiger partial charge in [-0.1, -0.05) is 48.2 Å². The highest BCUT2D eigenvalue weighted by molar-refractivity contribution is 7.99. The molecule has 0 aromatic heterocycles. The van der Waals surface area contributed by atoms with Gasteiger partial charge >= 0.3 is 5.97 Å². The van der Waals surface area contributed by atoms with E-state index in [0.717, 1.165) is 15.4 Å². The van der Waals surface area contributed by atoms with Crippen LogP contribution in [-0.4, -0.2) is 53.3 Å². The Labute approximate surface area is 263 Å². The molecule has 3 aromatic carbocycles. The second kappa shape index (κ2) is 15.2. The van der Waals surface area contributed by atoms with Crippen molar-refractivity contribution in [2.45, 2.75) is 80.5 Å². The number of hydrogen-bond donors (Lipinski definition) is 3. The molecular weight excluding hydrogens is 578 g/mol. The number of rotatable bonds is 14. The first kappa shape index (κ1) is 33.0. The average molecular weight is 620 g/mol. The van der Waals surface area contributed by atoms with Crippen LogP contribution >= 0.6 is 11.8 Å². The highest BCUT2D eigenvalue weighted by Gasteiger charge is 2.50. The summed E-state index contributed by atoms with van der Waals surface area (Å²) in [6.07, 6.45) is -0.0228. The summed E-state index contributed by atoms with van der Waals surface area (Å²) < 4.78 is 17.3. The van der Waals surface area contributed by atoms with Gasteiger partial charge in [0.25, 0.3) is 5.91 Å². The number of hydrogen-bond acceptors (Lipinski definition) is 9. The van der Waals surface area contributed by atoms with Gasteiger partial charge in [-0.25, -0.2) is 10.4 Å². The summed E-state index contributed by atoms with van der Waals surface area (Å²) >= 11 is 1.65. The van der Waals surface area contributed by atoms with Gasteiger partial charge in [-0.05, 0) is 82.1 Å². The molecule has 4 rings (SSSR count). The van der Waals surface area contributed by atoms with E-state index >= 15 is 0 Å². The molecule has 0 saturated heterocycles. The molecular formula is C34H41N3O6S. The number of esters is 1. The number of aliphatic hydroxyl groups is 1. The third-order valence-electron chi connectivity index (χ3n) is 6.88. The standard InChI is InChI=1S/C34H41N3O6S/c1-24-34(20-19-30(39)43-33(2,3)4,36-31(42-24)25-15-17-27(18-16-25)41-22-10-21-38)32(40)37-35-23-26-11-8-9-14-29(26)44-28-12-6-5-7-13-28/h5-9,11-18,24,35,38H,10,19-23H2,1-4H3,(H,37,40)/t24-,34-/m0/s1. The van der Waals surface area contributed by atoms with Crippen molar-refractivity contribution in [1.82, 2.24) is 10.9 Å². The molecule has 1 amide bonds. The quantitative estimate of drug-likeness (QED) is 0.124. The summed E-state index contributed by atoms with van der Waals surface area (Å²) in [4.78, 5) is 33.5. The summed E-state index contributed by atoms with van der Waals surface area (Å²) in [5.41, 5.74) is 5.60. The Kier molecular flexibility index (Phi) is 11.4. The zero-order valence-electron chi connectivity index (χ0n) is 25.7. The number of carbonyl (C=O) groups is 2. The van der Waals surface area contributed by atoms with Gasteiger partial charge in [-0.3, -0.25) is 15.0 Å². The Morgan fingerprint density at radius 1 is 1.02 bits per heavy atom. The van der Waals surface area contributed by atoms with Crippen molar-refractivity contribution in [1.29, 1.82) is 0 Å². The second-order valence-corrected chi connectivity index (χ2v) is 12.6. The first-order valence-electron chi connectivity index (χ1n) is 14.8. The predicted octanol–water partition coefficient (Wildman–Crippen LogP) is 5.45. The molecule has 0 aliphatic carbocycles. The number of ether oxygens (including phenoxy) is 3. The fourth-order valence-corrected chi connectivity index (χ4v) is 5.60. The maximum absolute atomic E-state index is 13.9. The van der Waals surface area contributed by atoms with Crippen LogP contribution in [0.15, 0.2) is 93.6 Å². The van der Waals surface area contributed by atoms with Crippen LogP contribution in [0.5, 0.6) is 5.75 Å². The van der Waals surface area contributed by atoms with E-state index in [1.807, 2.05) is 42.5 Å². The molecule has 1 heterocycles. The van der Waals surface area contributed by atoms with E-state index in [2.05, 4.69) is 23.0 Å². The number of carbonyl (C=O) groups excluding carboxylic acids is 2. The number of nitrogens with one attached hydrogen (secondary N) is 2. The Morgan fingerprint density at radius 3 is 2.43 bits per heavy atom. The Balaban J connectivity index is 1.50. The molecule has 44 heavy (non-hydrogen) atoms.